The molecule has 0 spiro atoms. The number of aromatic nitrogens is 1. The first-order chi connectivity index (χ1) is 8.00. The van der Waals surface area contributed by atoms with Crippen molar-refractivity contribution in [2.75, 3.05) is 0 Å². The molecule has 1 aromatic rings. The largest absolute Gasteiger partial charge is 0.349 e. The quantitative estimate of drug-likeness (QED) is 0.580. The number of carbonyl (C=O) groups excluding carboxylic acids is 1. The third kappa shape index (κ3) is 2.07. The number of aryl methyl sites for hydroxylation is 1. The molecule has 0 saturated heterocycles. The van der Waals surface area contributed by atoms with Crippen molar-refractivity contribution in [3.8, 4) is 0 Å². The summed E-state index contributed by atoms with van der Waals surface area (Å²) in [6.07, 6.45) is 3.69. The number of isocyanates is 1. The Hall–Kier alpha value is -1.34. The molecule has 1 saturated carbocycles. The van der Waals surface area contributed by atoms with Crippen molar-refractivity contribution in [3.63, 3.8) is 0 Å². The lowest BCUT2D eigenvalue weighted by Crippen LogP contribution is -2.10. The summed E-state index contributed by atoms with van der Waals surface area (Å²) in [5.41, 5.74) is 3.50. The van der Waals surface area contributed by atoms with Gasteiger partial charge in [-0.15, -0.1) is 0 Å². The van der Waals surface area contributed by atoms with Crippen LogP contribution in [-0.4, -0.2) is 10.6 Å². The average molecular weight is 232 g/mol. The highest BCUT2D eigenvalue weighted by Gasteiger charge is 2.46. The zero-order valence-electron chi connectivity index (χ0n) is 11.1. The Balaban J connectivity index is 2.41. The van der Waals surface area contributed by atoms with Crippen LogP contribution in [0.15, 0.2) is 11.1 Å². The highest BCUT2D eigenvalue weighted by atomic mass is 16.1. The third-order valence-corrected chi connectivity index (χ3v) is 3.61. The Labute approximate surface area is 103 Å². The molecule has 0 amide bonds. The van der Waals surface area contributed by atoms with Crippen LogP contribution in [0.4, 0.5) is 0 Å². The Morgan fingerprint density at radius 3 is 2.59 bits per heavy atom. The second-order valence-corrected chi connectivity index (χ2v) is 5.52. The second kappa shape index (κ2) is 4.15. The summed E-state index contributed by atoms with van der Waals surface area (Å²) < 4.78 is 2.33. The number of nitrogens with zero attached hydrogens (tertiary/aromatic N) is 2. The predicted octanol–water partition coefficient (Wildman–Crippen LogP) is 3.09. The number of hydrogen-bond donors (Lipinski definition) is 0. The van der Waals surface area contributed by atoms with E-state index in [4.69, 9.17) is 0 Å². The highest BCUT2D eigenvalue weighted by Crippen LogP contribution is 2.51. The van der Waals surface area contributed by atoms with Crippen molar-refractivity contribution in [3.05, 3.63) is 23.0 Å². The Bertz CT molecular complexity index is 475. The van der Waals surface area contributed by atoms with Crippen molar-refractivity contribution in [2.45, 2.75) is 52.6 Å². The monoisotopic (exact) mass is 232 g/mol. The molecule has 1 fully saturated rings. The molecule has 17 heavy (non-hydrogen) atoms. The van der Waals surface area contributed by atoms with Gasteiger partial charge in [-0.05, 0) is 38.7 Å². The minimum atomic E-state index is -0.237. The van der Waals surface area contributed by atoms with Gasteiger partial charge in [0.25, 0.3) is 0 Å². The van der Waals surface area contributed by atoms with Crippen LogP contribution in [0.3, 0.4) is 0 Å². The Morgan fingerprint density at radius 1 is 1.47 bits per heavy atom. The van der Waals surface area contributed by atoms with Gasteiger partial charge in [0.2, 0.25) is 6.08 Å². The van der Waals surface area contributed by atoms with E-state index < -0.39 is 0 Å². The first kappa shape index (κ1) is 12.1. The van der Waals surface area contributed by atoms with Crippen LogP contribution in [0.25, 0.3) is 0 Å². The van der Waals surface area contributed by atoms with E-state index in [2.05, 4.69) is 43.3 Å². The second-order valence-electron chi connectivity index (χ2n) is 5.52. The first-order valence-electron chi connectivity index (χ1n) is 6.26. The lowest BCUT2D eigenvalue weighted by Gasteiger charge is -2.13. The van der Waals surface area contributed by atoms with Crippen molar-refractivity contribution >= 4 is 6.08 Å². The van der Waals surface area contributed by atoms with Gasteiger partial charge in [0.15, 0.2) is 0 Å². The van der Waals surface area contributed by atoms with Gasteiger partial charge < -0.3 is 4.57 Å². The minimum absolute atomic E-state index is 0.237. The van der Waals surface area contributed by atoms with Crippen LogP contribution in [0.5, 0.6) is 0 Å². The van der Waals surface area contributed by atoms with Crippen LogP contribution in [0, 0.1) is 19.8 Å². The van der Waals surface area contributed by atoms with Crippen LogP contribution < -0.4 is 0 Å². The normalized spacial score (nSPS) is 17.0. The molecule has 3 heteroatoms. The summed E-state index contributed by atoms with van der Waals surface area (Å²) >= 11 is 0. The van der Waals surface area contributed by atoms with Crippen LogP contribution >= 0.6 is 0 Å². The summed E-state index contributed by atoms with van der Waals surface area (Å²) in [5.74, 6) is 0.623. The van der Waals surface area contributed by atoms with E-state index in [0.717, 1.165) is 19.4 Å². The smallest absolute Gasteiger partial charge is 0.235 e. The molecule has 3 nitrogen and oxygen atoms in total. The van der Waals surface area contributed by atoms with E-state index in [1.54, 1.807) is 6.08 Å². The van der Waals surface area contributed by atoms with E-state index >= 15 is 0 Å². The molecule has 0 bridgehead atoms. The summed E-state index contributed by atoms with van der Waals surface area (Å²) in [6.45, 7) is 9.72. The maximum Gasteiger partial charge on any atom is 0.235 e. The van der Waals surface area contributed by atoms with E-state index in [1.165, 1.54) is 17.0 Å². The molecule has 1 aliphatic carbocycles. The fraction of sp³-hybridized carbons (Fsp3) is 0.643. The molecular weight excluding hydrogens is 212 g/mol. The molecule has 0 aliphatic heterocycles. The number of rotatable bonds is 4. The number of hydrogen-bond acceptors (Lipinski definition) is 2. The summed E-state index contributed by atoms with van der Waals surface area (Å²) in [6, 6.07) is 2.19. The molecule has 0 aromatic carbocycles. The topological polar surface area (TPSA) is 34.4 Å². The van der Waals surface area contributed by atoms with Gasteiger partial charge in [0.05, 0.1) is 0 Å². The Kier molecular flexibility index (Phi) is 2.96. The zero-order chi connectivity index (χ0) is 12.6. The molecule has 92 valence electrons. The average Bonchev–Trinajstić information content (AvgIpc) is 2.97. The standard InChI is InChI=1S/C14H20N2O/c1-10(2)8-16-11(3)7-13(12(16)4)14(5-6-14)15-9-17/h7,10H,5-6,8H2,1-4H3. The molecule has 1 heterocycles. The first-order valence-corrected chi connectivity index (χ1v) is 6.26. The highest BCUT2D eigenvalue weighted by molar-refractivity contribution is 5.44. The van der Waals surface area contributed by atoms with Gasteiger partial charge >= 0.3 is 0 Å². The van der Waals surface area contributed by atoms with Gasteiger partial charge in [0, 0.05) is 23.5 Å². The van der Waals surface area contributed by atoms with E-state index in [1.807, 2.05) is 0 Å². The molecule has 1 aromatic heterocycles. The van der Waals surface area contributed by atoms with Gasteiger partial charge in [-0.25, -0.2) is 4.79 Å². The van der Waals surface area contributed by atoms with E-state index in [0.29, 0.717) is 5.92 Å². The van der Waals surface area contributed by atoms with Crippen LogP contribution in [0.1, 0.15) is 43.6 Å². The van der Waals surface area contributed by atoms with Gasteiger partial charge in [-0.2, -0.15) is 4.99 Å². The van der Waals surface area contributed by atoms with Crippen LogP contribution in [0.2, 0.25) is 0 Å². The van der Waals surface area contributed by atoms with E-state index in [-0.39, 0.29) is 5.54 Å². The van der Waals surface area contributed by atoms with Crippen molar-refractivity contribution in [2.24, 2.45) is 10.9 Å². The minimum Gasteiger partial charge on any atom is -0.349 e. The van der Waals surface area contributed by atoms with Crippen molar-refractivity contribution in [1.82, 2.24) is 4.57 Å². The maximum absolute atomic E-state index is 10.5. The van der Waals surface area contributed by atoms with Gasteiger partial charge in [-0.3, -0.25) is 0 Å². The fourth-order valence-corrected chi connectivity index (χ4v) is 2.57. The van der Waals surface area contributed by atoms with E-state index in [9.17, 15) is 4.79 Å². The van der Waals surface area contributed by atoms with Crippen LogP contribution in [-0.2, 0) is 16.9 Å². The fourth-order valence-electron chi connectivity index (χ4n) is 2.57. The molecular formula is C14H20N2O. The van der Waals surface area contributed by atoms with Gasteiger partial charge in [0.1, 0.15) is 5.54 Å². The molecule has 0 N–H and O–H groups in total. The maximum atomic E-state index is 10.5. The number of aliphatic imine (C=N–C) groups is 1. The summed E-state index contributed by atoms with van der Waals surface area (Å²) in [5, 5.41) is 0. The lowest BCUT2D eigenvalue weighted by atomic mass is 10.1. The Morgan fingerprint density at radius 2 is 2.12 bits per heavy atom. The molecule has 0 unspecified atom stereocenters. The summed E-state index contributed by atoms with van der Waals surface area (Å²) in [7, 11) is 0. The van der Waals surface area contributed by atoms with Crippen molar-refractivity contribution < 1.29 is 4.79 Å². The molecule has 0 atom stereocenters. The molecule has 1 aliphatic rings. The lowest BCUT2D eigenvalue weighted by molar-refractivity contribution is 0.506. The summed E-state index contributed by atoms with van der Waals surface area (Å²) in [4.78, 5) is 14.5. The molecule has 0 radical (unpaired) electrons. The SMILES string of the molecule is Cc1cc(C2(N=C=O)CC2)c(C)n1CC(C)C. The van der Waals surface area contributed by atoms with Gasteiger partial charge in [-0.1, -0.05) is 13.8 Å². The zero-order valence-corrected chi connectivity index (χ0v) is 11.1. The molecule has 2 rings (SSSR count). The third-order valence-electron chi connectivity index (χ3n) is 3.61. The van der Waals surface area contributed by atoms with Crippen molar-refractivity contribution in [1.29, 1.82) is 0 Å². The predicted molar refractivity (Wildman–Crippen MR) is 67.8 cm³/mol.